The van der Waals surface area contributed by atoms with E-state index in [1.807, 2.05) is 18.2 Å². The summed E-state index contributed by atoms with van der Waals surface area (Å²) >= 11 is 6.06. The van der Waals surface area contributed by atoms with Gasteiger partial charge in [0.15, 0.2) is 0 Å². The molecule has 0 amide bonds. The van der Waals surface area contributed by atoms with Gasteiger partial charge in [-0.05, 0) is 30.2 Å². The quantitative estimate of drug-likeness (QED) is 0.803. The van der Waals surface area contributed by atoms with Crippen molar-refractivity contribution in [1.29, 1.82) is 0 Å². The number of benzene rings is 2. The maximum atomic E-state index is 13.9. The predicted octanol–water partition coefficient (Wildman–Crippen LogP) is 3.66. The standard InChI is InChI=1S/C16H13ClFN3/c17-12-4-2-5-13(18)11(12)9-14(19)10-3-1-6-15-16(10)21-8-7-20-15/h1-8,14H,9,19H2. The van der Waals surface area contributed by atoms with E-state index in [0.29, 0.717) is 17.0 Å². The first-order valence-corrected chi connectivity index (χ1v) is 6.92. The van der Waals surface area contributed by atoms with Crippen LogP contribution in [0.4, 0.5) is 4.39 Å². The Hall–Kier alpha value is -2.04. The van der Waals surface area contributed by atoms with E-state index in [9.17, 15) is 4.39 Å². The minimum Gasteiger partial charge on any atom is -0.324 e. The van der Waals surface area contributed by atoms with Gasteiger partial charge in [-0.15, -0.1) is 0 Å². The summed E-state index contributed by atoms with van der Waals surface area (Å²) in [6.07, 6.45) is 3.56. The van der Waals surface area contributed by atoms with Crippen molar-refractivity contribution in [2.75, 3.05) is 0 Å². The van der Waals surface area contributed by atoms with E-state index in [1.165, 1.54) is 6.07 Å². The van der Waals surface area contributed by atoms with Gasteiger partial charge in [-0.1, -0.05) is 29.8 Å². The third kappa shape index (κ3) is 2.73. The molecule has 21 heavy (non-hydrogen) atoms. The molecule has 2 N–H and O–H groups in total. The third-order valence-corrected chi connectivity index (χ3v) is 3.77. The summed E-state index contributed by atoms with van der Waals surface area (Å²) < 4.78 is 13.9. The zero-order valence-electron chi connectivity index (χ0n) is 11.1. The fourth-order valence-corrected chi connectivity index (χ4v) is 2.61. The number of hydrogen-bond acceptors (Lipinski definition) is 3. The van der Waals surface area contributed by atoms with Gasteiger partial charge in [0.2, 0.25) is 0 Å². The van der Waals surface area contributed by atoms with Crippen molar-refractivity contribution in [3.8, 4) is 0 Å². The average Bonchev–Trinajstić information content (AvgIpc) is 2.50. The predicted molar refractivity (Wildman–Crippen MR) is 81.6 cm³/mol. The molecule has 1 unspecified atom stereocenters. The fourth-order valence-electron chi connectivity index (χ4n) is 2.37. The maximum absolute atomic E-state index is 13.9. The van der Waals surface area contributed by atoms with Crippen LogP contribution < -0.4 is 5.73 Å². The molecule has 0 aliphatic rings. The van der Waals surface area contributed by atoms with Crippen molar-refractivity contribution in [2.24, 2.45) is 5.73 Å². The van der Waals surface area contributed by atoms with E-state index in [0.717, 1.165) is 16.6 Å². The molecule has 0 fully saturated rings. The molecule has 0 aliphatic carbocycles. The number of hydrogen-bond donors (Lipinski definition) is 1. The van der Waals surface area contributed by atoms with Gasteiger partial charge in [-0.25, -0.2) is 4.39 Å². The van der Waals surface area contributed by atoms with Crippen LogP contribution in [0.1, 0.15) is 17.2 Å². The van der Waals surface area contributed by atoms with E-state index in [4.69, 9.17) is 17.3 Å². The van der Waals surface area contributed by atoms with E-state index < -0.39 is 6.04 Å². The number of nitrogens with two attached hydrogens (primary N) is 1. The van der Waals surface area contributed by atoms with E-state index in [-0.39, 0.29) is 5.82 Å². The number of halogens is 2. The summed E-state index contributed by atoms with van der Waals surface area (Å²) in [5.41, 5.74) is 9.00. The molecular weight excluding hydrogens is 289 g/mol. The van der Waals surface area contributed by atoms with Crippen LogP contribution in [0.2, 0.25) is 5.02 Å². The summed E-state index contributed by atoms with van der Waals surface area (Å²) in [5.74, 6) is -0.343. The van der Waals surface area contributed by atoms with E-state index >= 15 is 0 Å². The molecule has 1 heterocycles. The molecular formula is C16H13ClFN3. The lowest BCUT2D eigenvalue weighted by molar-refractivity contribution is 0.594. The van der Waals surface area contributed by atoms with Gasteiger partial charge < -0.3 is 5.73 Å². The van der Waals surface area contributed by atoms with Gasteiger partial charge in [0.05, 0.1) is 11.0 Å². The Morgan fingerprint density at radius 3 is 2.67 bits per heavy atom. The van der Waals surface area contributed by atoms with Crippen LogP contribution in [0.3, 0.4) is 0 Å². The molecule has 3 rings (SSSR count). The number of nitrogens with zero attached hydrogens (tertiary/aromatic N) is 2. The van der Waals surface area contributed by atoms with Gasteiger partial charge in [0.1, 0.15) is 5.82 Å². The van der Waals surface area contributed by atoms with Crippen molar-refractivity contribution < 1.29 is 4.39 Å². The molecule has 106 valence electrons. The largest absolute Gasteiger partial charge is 0.324 e. The van der Waals surface area contributed by atoms with Crippen molar-refractivity contribution in [2.45, 2.75) is 12.5 Å². The second-order valence-electron chi connectivity index (χ2n) is 4.78. The molecule has 1 atom stereocenters. The number of fused-ring (bicyclic) bond motifs is 1. The number of aromatic nitrogens is 2. The minimum absolute atomic E-state index is 0.307. The lowest BCUT2D eigenvalue weighted by atomic mass is 9.98. The van der Waals surface area contributed by atoms with Crippen LogP contribution in [-0.2, 0) is 6.42 Å². The van der Waals surface area contributed by atoms with E-state index in [2.05, 4.69) is 9.97 Å². The van der Waals surface area contributed by atoms with Crippen LogP contribution in [0.15, 0.2) is 48.8 Å². The zero-order chi connectivity index (χ0) is 14.8. The summed E-state index contributed by atoms with van der Waals surface area (Å²) in [4.78, 5) is 8.57. The van der Waals surface area contributed by atoms with Gasteiger partial charge in [-0.2, -0.15) is 0 Å². The van der Waals surface area contributed by atoms with Crippen molar-refractivity contribution in [3.05, 3.63) is 70.8 Å². The van der Waals surface area contributed by atoms with Gasteiger partial charge in [0, 0.05) is 29.0 Å². The smallest absolute Gasteiger partial charge is 0.127 e. The first-order chi connectivity index (χ1) is 10.2. The maximum Gasteiger partial charge on any atom is 0.127 e. The molecule has 0 aliphatic heterocycles. The molecule has 5 heteroatoms. The molecule has 3 aromatic rings. The normalized spacial score (nSPS) is 12.5. The SMILES string of the molecule is NC(Cc1c(F)cccc1Cl)c1cccc2nccnc12. The van der Waals surface area contributed by atoms with E-state index in [1.54, 1.807) is 24.5 Å². The zero-order valence-corrected chi connectivity index (χ0v) is 11.9. The van der Waals surface area contributed by atoms with Gasteiger partial charge in [0.25, 0.3) is 0 Å². The average molecular weight is 302 g/mol. The highest BCUT2D eigenvalue weighted by Gasteiger charge is 2.16. The lowest BCUT2D eigenvalue weighted by Gasteiger charge is -2.15. The van der Waals surface area contributed by atoms with Crippen LogP contribution in [0.5, 0.6) is 0 Å². The second kappa shape index (κ2) is 5.76. The highest BCUT2D eigenvalue weighted by molar-refractivity contribution is 6.31. The summed E-state index contributed by atoms with van der Waals surface area (Å²) in [6.45, 7) is 0. The highest BCUT2D eigenvalue weighted by Crippen LogP contribution is 2.27. The Balaban J connectivity index is 2.00. The summed E-state index contributed by atoms with van der Waals surface area (Å²) in [5, 5.41) is 0.386. The van der Waals surface area contributed by atoms with Crippen molar-refractivity contribution in [3.63, 3.8) is 0 Å². The highest BCUT2D eigenvalue weighted by atomic mass is 35.5. The molecule has 3 nitrogen and oxygen atoms in total. The van der Waals surface area contributed by atoms with Gasteiger partial charge in [-0.3, -0.25) is 9.97 Å². The molecule has 0 saturated carbocycles. The minimum atomic E-state index is -0.403. The molecule has 2 aromatic carbocycles. The van der Waals surface area contributed by atoms with Crippen molar-refractivity contribution in [1.82, 2.24) is 9.97 Å². The first-order valence-electron chi connectivity index (χ1n) is 6.55. The topological polar surface area (TPSA) is 51.8 Å². The van der Waals surface area contributed by atoms with Crippen LogP contribution >= 0.6 is 11.6 Å². The van der Waals surface area contributed by atoms with Crippen molar-refractivity contribution >= 4 is 22.6 Å². The molecule has 1 aromatic heterocycles. The lowest BCUT2D eigenvalue weighted by Crippen LogP contribution is -2.15. The summed E-state index contributed by atoms with van der Waals surface area (Å²) in [7, 11) is 0. The third-order valence-electron chi connectivity index (χ3n) is 3.42. The first kappa shape index (κ1) is 13.9. The van der Waals surface area contributed by atoms with Crippen LogP contribution in [-0.4, -0.2) is 9.97 Å². The Bertz CT molecular complexity index is 766. The second-order valence-corrected chi connectivity index (χ2v) is 5.19. The monoisotopic (exact) mass is 301 g/mol. The molecule has 0 radical (unpaired) electrons. The molecule has 0 spiro atoms. The Morgan fingerprint density at radius 2 is 1.86 bits per heavy atom. The molecule has 0 saturated heterocycles. The Kier molecular flexibility index (Phi) is 3.82. The summed E-state index contributed by atoms with van der Waals surface area (Å²) in [6, 6.07) is 9.85. The fraction of sp³-hybridized carbons (Fsp3) is 0.125. The number of para-hydroxylation sites is 1. The Morgan fingerprint density at radius 1 is 1.10 bits per heavy atom. The van der Waals surface area contributed by atoms with Crippen LogP contribution in [0, 0.1) is 5.82 Å². The number of rotatable bonds is 3. The van der Waals surface area contributed by atoms with Crippen LogP contribution in [0.25, 0.3) is 11.0 Å². The Labute approximate surface area is 126 Å². The van der Waals surface area contributed by atoms with Gasteiger partial charge >= 0.3 is 0 Å². The molecule has 0 bridgehead atoms.